The summed E-state index contributed by atoms with van der Waals surface area (Å²) in [5, 5.41) is 42.9. The number of hydrogen-bond donors (Lipinski definition) is 6. The number of phenols is 1. The number of ketones is 2. The van der Waals surface area contributed by atoms with Crippen LogP contribution in [0.15, 0.2) is 34.8 Å². The Kier molecular flexibility index (Phi) is 4.42. The van der Waals surface area contributed by atoms with Gasteiger partial charge >= 0.3 is 0 Å². The highest BCUT2D eigenvalue weighted by Gasteiger charge is 2.62. The van der Waals surface area contributed by atoms with Gasteiger partial charge in [-0.3, -0.25) is 14.4 Å². The number of Topliss-reactive ketones (excluding diaryl/α,β-unsaturated/α-hetero) is 2. The van der Waals surface area contributed by atoms with E-state index in [1.54, 1.807) is 25.1 Å². The normalized spacial score (nSPS) is 30.0. The third-order valence-electron chi connectivity index (χ3n) is 6.59. The van der Waals surface area contributed by atoms with Gasteiger partial charge in [-0.1, -0.05) is 0 Å². The van der Waals surface area contributed by atoms with Crippen molar-refractivity contribution < 1.29 is 34.8 Å². The number of aromatic hydroxyl groups is 1. The van der Waals surface area contributed by atoms with E-state index in [1.807, 2.05) is 0 Å². The Balaban J connectivity index is 1.95. The zero-order chi connectivity index (χ0) is 23.0. The van der Waals surface area contributed by atoms with Crippen molar-refractivity contribution in [2.24, 2.45) is 23.3 Å². The van der Waals surface area contributed by atoms with Gasteiger partial charge in [0, 0.05) is 31.3 Å². The van der Waals surface area contributed by atoms with Gasteiger partial charge < -0.3 is 36.8 Å². The monoisotopic (exact) mass is 429 g/mol. The van der Waals surface area contributed by atoms with E-state index >= 15 is 0 Å². The van der Waals surface area contributed by atoms with Gasteiger partial charge in [0.1, 0.15) is 22.8 Å². The summed E-state index contributed by atoms with van der Waals surface area (Å²) in [4.78, 5) is 39.8. The van der Waals surface area contributed by atoms with Crippen molar-refractivity contribution in [2.45, 2.75) is 24.5 Å². The van der Waals surface area contributed by atoms with Crippen LogP contribution in [-0.2, 0) is 16.0 Å². The number of phenolic OH excluding ortho intramolecular Hbond substituents is 1. The zero-order valence-corrected chi connectivity index (χ0v) is 16.9. The average Bonchev–Trinajstić information content (AvgIpc) is 2.68. The van der Waals surface area contributed by atoms with Gasteiger partial charge in [0.15, 0.2) is 11.4 Å². The summed E-state index contributed by atoms with van der Waals surface area (Å²) in [5.41, 5.74) is 8.63. The molecule has 10 heteroatoms. The van der Waals surface area contributed by atoms with Crippen molar-refractivity contribution in [1.29, 1.82) is 0 Å². The summed E-state index contributed by atoms with van der Waals surface area (Å²) in [6, 6.07) is 1.67. The van der Waals surface area contributed by atoms with Crippen LogP contribution in [0.4, 0.5) is 5.69 Å². The molecule has 0 saturated heterocycles. The molecule has 0 radical (unpaired) electrons. The maximum absolute atomic E-state index is 13.3. The van der Waals surface area contributed by atoms with Crippen LogP contribution in [0.3, 0.4) is 0 Å². The Morgan fingerprint density at radius 2 is 1.84 bits per heavy atom. The molecule has 164 valence electrons. The van der Waals surface area contributed by atoms with E-state index in [2.05, 4.69) is 0 Å². The molecule has 0 fully saturated rings. The van der Waals surface area contributed by atoms with Crippen molar-refractivity contribution in [3.8, 4) is 5.75 Å². The fourth-order valence-electron chi connectivity index (χ4n) is 5.12. The molecule has 1 amide bonds. The Morgan fingerprint density at radius 3 is 2.42 bits per heavy atom. The molecule has 3 aliphatic rings. The molecular weight excluding hydrogens is 406 g/mol. The van der Waals surface area contributed by atoms with Gasteiger partial charge in [-0.05, 0) is 36.5 Å². The third-order valence-corrected chi connectivity index (χ3v) is 6.59. The summed E-state index contributed by atoms with van der Waals surface area (Å²) in [5.74, 6) is -7.13. The molecule has 4 rings (SSSR count). The minimum Gasteiger partial charge on any atom is -0.510 e. The summed E-state index contributed by atoms with van der Waals surface area (Å²) >= 11 is 0. The molecule has 0 heterocycles. The van der Waals surface area contributed by atoms with E-state index in [0.717, 1.165) is 0 Å². The van der Waals surface area contributed by atoms with E-state index in [1.165, 1.54) is 6.07 Å². The molecule has 31 heavy (non-hydrogen) atoms. The molecule has 10 nitrogen and oxygen atoms in total. The lowest BCUT2D eigenvalue weighted by molar-refractivity contribution is -0.145. The second-order valence-corrected chi connectivity index (χ2v) is 8.43. The SMILES string of the molecule is CN(C)c1ccc(O)c2c1CC1CC3C(N)C(O)=C(C(N)=O)C(=O)[C@@]3(O)C(O)=C1C2=O. The highest BCUT2D eigenvalue weighted by molar-refractivity contribution is 6.24. The van der Waals surface area contributed by atoms with Crippen LogP contribution >= 0.6 is 0 Å². The summed E-state index contributed by atoms with van der Waals surface area (Å²) in [6.07, 6.45) is 0.204. The molecule has 8 N–H and O–H groups in total. The van der Waals surface area contributed by atoms with Crippen LogP contribution < -0.4 is 16.4 Å². The molecule has 0 spiro atoms. The summed E-state index contributed by atoms with van der Waals surface area (Å²) in [7, 11) is 3.56. The lowest BCUT2D eigenvalue weighted by Gasteiger charge is -2.48. The number of carbonyl (C=O) groups is 3. The van der Waals surface area contributed by atoms with Crippen molar-refractivity contribution >= 4 is 23.2 Å². The largest absolute Gasteiger partial charge is 0.510 e. The number of primary amides is 1. The lowest BCUT2D eigenvalue weighted by atomic mass is 9.59. The molecule has 1 aromatic rings. The van der Waals surface area contributed by atoms with Crippen molar-refractivity contribution in [2.75, 3.05) is 19.0 Å². The number of aliphatic hydroxyl groups excluding tert-OH is 2. The van der Waals surface area contributed by atoms with E-state index in [4.69, 9.17) is 11.5 Å². The lowest BCUT2D eigenvalue weighted by Crippen LogP contribution is -2.63. The number of amides is 1. The van der Waals surface area contributed by atoms with Crippen molar-refractivity contribution in [3.05, 3.63) is 45.9 Å². The fourth-order valence-corrected chi connectivity index (χ4v) is 5.12. The standard InChI is InChI=1S/C21H23N3O7/c1-24(2)10-3-4-11(25)13-8(10)5-7-6-9-15(22)17(27)14(20(23)30)19(29)21(9,31)18(28)12(7)16(13)26/h3-4,7,9,15,25,27-28,31H,5-6,22H2,1-2H3,(H2,23,30)/t7?,9?,15?,21-/m0/s1. The first-order valence-corrected chi connectivity index (χ1v) is 9.69. The quantitative estimate of drug-likeness (QED) is 0.339. The van der Waals surface area contributed by atoms with Gasteiger partial charge in [0.05, 0.1) is 11.6 Å². The Hall–Kier alpha value is -3.37. The highest BCUT2D eigenvalue weighted by Crippen LogP contribution is 2.51. The first-order valence-electron chi connectivity index (χ1n) is 9.69. The van der Waals surface area contributed by atoms with Crippen LogP contribution in [0.2, 0.25) is 0 Å². The zero-order valence-electron chi connectivity index (χ0n) is 16.9. The van der Waals surface area contributed by atoms with E-state index in [-0.39, 0.29) is 29.7 Å². The minimum atomic E-state index is -2.69. The fraction of sp³-hybridized carbons (Fsp3) is 0.381. The van der Waals surface area contributed by atoms with Crippen LogP contribution in [0, 0.1) is 11.8 Å². The Bertz CT molecular complexity index is 1120. The average molecular weight is 429 g/mol. The Labute approximate surface area is 177 Å². The first-order chi connectivity index (χ1) is 14.4. The summed E-state index contributed by atoms with van der Waals surface area (Å²) < 4.78 is 0. The maximum Gasteiger partial charge on any atom is 0.255 e. The van der Waals surface area contributed by atoms with Gasteiger partial charge in [0.25, 0.3) is 5.91 Å². The van der Waals surface area contributed by atoms with Crippen LogP contribution in [0.5, 0.6) is 5.75 Å². The first kappa shape index (κ1) is 20.9. The number of anilines is 1. The number of aliphatic hydroxyl groups is 3. The smallest absolute Gasteiger partial charge is 0.255 e. The molecule has 0 aliphatic heterocycles. The number of fused-ring (bicyclic) bond motifs is 3. The molecule has 4 atom stereocenters. The van der Waals surface area contributed by atoms with Gasteiger partial charge in [0.2, 0.25) is 5.78 Å². The van der Waals surface area contributed by atoms with E-state index in [9.17, 15) is 34.8 Å². The van der Waals surface area contributed by atoms with Crippen LogP contribution in [0.25, 0.3) is 0 Å². The second-order valence-electron chi connectivity index (χ2n) is 8.43. The highest BCUT2D eigenvalue weighted by atomic mass is 16.3. The summed E-state index contributed by atoms with van der Waals surface area (Å²) in [6.45, 7) is 0. The Morgan fingerprint density at radius 1 is 1.19 bits per heavy atom. The molecule has 3 unspecified atom stereocenters. The predicted octanol–water partition coefficient (Wildman–Crippen LogP) is -0.416. The van der Waals surface area contributed by atoms with Gasteiger partial charge in [-0.15, -0.1) is 0 Å². The number of hydrogen-bond acceptors (Lipinski definition) is 9. The predicted molar refractivity (Wildman–Crippen MR) is 109 cm³/mol. The topological polar surface area (TPSA) is 187 Å². The number of nitrogens with two attached hydrogens (primary N) is 2. The van der Waals surface area contributed by atoms with Gasteiger partial charge in [-0.25, -0.2) is 0 Å². The number of allylic oxidation sites excluding steroid dienone is 1. The molecule has 0 bridgehead atoms. The molecule has 3 aliphatic carbocycles. The minimum absolute atomic E-state index is 0.0212. The maximum atomic E-state index is 13.3. The molecular formula is C21H23N3O7. The van der Waals surface area contributed by atoms with Crippen molar-refractivity contribution in [3.63, 3.8) is 0 Å². The van der Waals surface area contributed by atoms with E-state index < -0.39 is 58.0 Å². The number of carbonyl (C=O) groups excluding carboxylic acids is 3. The van der Waals surface area contributed by atoms with Crippen LogP contribution in [-0.4, -0.2) is 63.6 Å². The number of rotatable bonds is 2. The van der Waals surface area contributed by atoms with Crippen LogP contribution in [0.1, 0.15) is 22.3 Å². The number of benzene rings is 1. The second kappa shape index (κ2) is 6.56. The molecule has 0 aromatic heterocycles. The molecule has 0 saturated carbocycles. The number of nitrogens with zero attached hydrogens (tertiary/aromatic N) is 1. The third kappa shape index (κ3) is 2.55. The van der Waals surface area contributed by atoms with E-state index in [0.29, 0.717) is 11.3 Å². The van der Waals surface area contributed by atoms with Gasteiger partial charge in [-0.2, -0.15) is 0 Å². The molecule has 1 aromatic carbocycles. The van der Waals surface area contributed by atoms with Crippen molar-refractivity contribution in [1.82, 2.24) is 0 Å².